The van der Waals surface area contributed by atoms with Gasteiger partial charge in [-0.3, -0.25) is 0 Å². The summed E-state index contributed by atoms with van der Waals surface area (Å²) in [5, 5.41) is 0.653. The van der Waals surface area contributed by atoms with E-state index in [-0.39, 0.29) is 0 Å². The van der Waals surface area contributed by atoms with Crippen molar-refractivity contribution < 1.29 is 0 Å². The smallest absolute Gasteiger partial charge is 0.180 e. The predicted octanol–water partition coefficient (Wildman–Crippen LogP) is 3.65. The second kappa shape index (κ2) is 6.28. The lowest BCUT2D eigenvalue weighted by Gasteiger charge is -1.99. The van der Waals surface area contributed by atoms with Crippen LogP contribution in [-0.4, -0.2) is 4.98 Å². The Kier molecular flexibility index (Phi) is 4.99. The van der Waals surface area contributed by atoms with Crippen molar-refractivity contribution in [3.63, 3.8) is 0 Å². The minimum absolute atomic E-state index is 0.653. The maximum Gasteiger partial charge on any atom is 0.180 e. The lowest BCUT2D eigenvalue weighted by molar-refractivity contribution is 1.15. The average Bonchev–Trinajstić information content (AvgIpc) is 2.56. The Balaban J connectivity index is 2.75. The first-order chi connectivity index (χ1) is 7.67. The van der Waals surface area contributed by atoms with Gasteiger partial charge in [0.1, 0.15) is 0 Å². The van der Waals surface area contributed by atoms with Crippen molar-refractivity contribution >= 4 is 16.5 Å². The van der Waals surface area contributed by atoms with Crippen LogP contribution in [-0.2, 0) is 6.42 Å². The number of nitrogens with zero attached hydrogens (tertiary/aromatic N) is 1. The van der Waals surface area contributed by atoms with E-state index in [1.807, 2.05) is 26.0 Å². The van der Waals surface area contributed by atoms with E-state index >= 15 is 0 Å². The van der Waals surface area contributed by atoms with Gasteiger partial charge in [0, 0.05) is 11.3 Å². The number of anilines is 1. The van der Waals surface area contributed by atoms with Gasteiger partial charge < -0.3 is 5.73 Å². The molecule has 0 amide bonds. The number of rotatable bonds is 4. The van der Waals surface area contributed by atoms with Crippen molar-refractivity contribution in [2.45, 2.75) is 27.2 Å². The molecule has 0 spiro atoms. The summed E-state index contributed by atoms with van der Waals surface area (Å²) < 4.78 is 0. The van der Waals surface area contributed by atoms with Crippen molar-refractivity contribution in [2.75, 3.05) is 5.73 Å². The van der Waals surface area contributed by atoms with Gasteiger partial charge in [-0.15, -0.1) is 11.3 Å². The molecular weight excluding hydrogens is 216 g/mol. The van der Waals surface area contributed by atoms with E-state index in [2.05, 4.69) is 30.1 Å². The Morgan fingerprint density at radius 2 is 2.12 bits per heavy atom. The number of allylic oxidation sites excluding steroid dienone is 6. The molecule has 16 heavy (non-hydrogen) atoms. The van der Waals surface area contributed by atoms with Gasteiger partial charge in [-0.25, -0.2) is 4.98 Å². The molecule has 3 heteroatoms. The van der Waals surface area contributed by atoms with Gasteiger partial charge in [0.05, 0.1) is 5.69 Å². The number of aryl methyl sites for hydroxylation is 1. The van der Waals surface area contributed by atoms with E-state index in [1.54, 1.807) is 11.3 Å². The summed E-state index contributed by atoms with van der Waals surface area (Å²) in [4.78, 5) is 5.47. The van der Waals surface area contributed by atoms with E-state index in [1.165, 1.54) is 10.5 Å². The zero-order chi connectivity index (χ0) is 12.0. The summed E-state index contributed by atoms with van der Waals surface area (Å²) in [5.41, 5.74) is 8.00. The highest BCUT2D eigenvalue weighted by Crippen LogP contribution is 2.23. The number of aromatic nitrogens is 1. The third-order valence-corrected chi connectivity index (χ3v) is 3.25. The van der Waals surface area contributed by atoms with Crippen molar-refractivity contribution in [1.29, 1.82) is 0 Å². The molecule has 0 bridgehead atoms. The molecule has 1 rings (SSSR count). The number of nitrogen functional groups attached to an aromatic ring is 1. The molecule has 2 nitrogen and oxygen atoms in total. The minimum atomic E-state index is 0.653. The summed E-state index contributed by atoms with van der Waals surface area (Å²) >= 11 is 1.57. The normalized spacial score (nSPS) is 13.1. The molecule has 86 valence electrons. The van der Waals surface area contributed by atoms with Gasteiger partial charge >= 0.3 is 0 Å². The number of hydrogen-bond acceptors (Lipinski definition) is 3. The van der Waals surface area contributed by atoms with E-state index in [9.17, 15) is 0 Å². The van der Waals surface area contributed by atoms with Crippen LogP contribution in [0.25, 0.3) is 0 Å². The summed E-state index contributed by atoms with van der Waals surface area (Å²) in [6.45, 7) is 6.06. The molecule has 1 aromatic heterocycles. The maximum absolute atomic E-state index is 5.68. The van der Waals surface area contributed by atoms with Crippen LogP contribution in [0.2, 0.25) is 0 Å². The first kappa shape index (κ1) is 12.7. The standard InChI is InChI=1S/C13H18N2S/c1-4-6-7-8-11(5-2)9-12-10(3)15-13(14)16-12/h4-8H,9H2,1-3H3,(H2,14,15)/b6-4-,8-7-,11-5+. The quantitative estimate of drug-likeness (QED) is 0.808. The van der Waals surface area contributed by atoms with Crippen molar-refractivity contribution in [3.05, 3.63) is 46.5 Å². The molecule has 0 aliphatic heterocycles. The van der Waals surface area contributed by atoms with Crippen LogP contribution in [0, 0.1) is 6.92 Å². The van der Waals surface area contributed by atoms with E-state index in [4.69, 9.17) is 5.73 Å². The van der Waals surface area contributed by atoms with Crippen LogP contribution in [0.1, 0.15) is 24.4 Å². The Labute approximate surface area is 101 Å². The first-order valence-corrected chi connectivity index (χ1v) is 6.15. The zero-order valence-electron chi connectivity index (χ0n) is 10.0. The topological polar surface area (TPSA) is 38.9 Å². The highest BCUT2D eigenvalue weighted by molar-refractivity contribution is 7.15. The lowest BCUT2D eigenvalue weighted by atomic mass is 10.1. The molecule has 0 aromatic carbocycles. The number of hydrogen-bond donors (Lipinski definition) is 1. The van der Waals surface area contributed by atoms with Gasteiger partial charge in [0.2, 0.25) is 0 Å². The van der Waals surface area contributed by atoms with Crippen molar-refractivity contribution in [2.24, 2.45) is 0 Å². The van der Waals surface area contributed by atoms with Crippen LogP contribution in [0.5, 0.6) is 0 Å². The average molecular weight is 234 g/mol. The Hall–Kier alpha value is -1.35. The molecule has 0 aliphatic rings. The van der Waals surface area contributed by atoms with Crippen LogP contribution in [0.4, 0.5) is 5.13 Å². The van der Waals surface area contributed by atoms with E-state index < -0.39 is 0 Å². The second-order valence-corrected chi connectivity index (χ2v) is 4.60. The largest absolute Gasteiger partial charge is 0.375 e. The summed E-state index contributed by atoms with van der Waals surface area (Å²) in [7, 11) is 0. The molecule has 0 atom stereocenters. The van der Waals surface area contributed by atoms with Gasteiger partial charge in [-0.1, -0.05) is 30.4 Å². The monoisotopic (exact) mass is 234 g/mol. The second-order valence-electron chi connectivity index (χ2n) is 3.49. The third kappa shape index (κ3) is 3.66. The summed E-state index contributed by atoms with van der Waals surface area (Å²) in [5.74, 6) is 0. The summed E-state index contributed by atoms with van der Waals surface area (Å²) in [6, 6.07) is 0. The Bertz CT molecular complexity index is 425. The molecule has 0 aliphatic carbocycles. The molecule has 0 fully saturated rings. The molecule has 1 aromatic rings. The van der Waals surface area contributed by atoms with Crippen LogP contribution >= 0.6 is 11.3 Å². The molecule has 0 unspecified atom stereocenters. The van der Waals surface area contributed by atoms with Crippen LogP contribution < -0.4 is 5.73 Å². The maximum atomic E-state index is 5.68. The van der Waals surface area contributed by atoms with Gasteiger partial charge in [0.15, 0.2) is 5.13 Å². The zero-order valence-corrected chi connectivity index (χ0v) is 10.8. The third-order valence-electron chi connectivity index (χ3n) is 2.26. The predicted molar refractivity (Wildman–Crippen MR) is 72.7 cm³/mol. The molecular formula is C13H18N2S. The van der Waals surface area contributed by atoms with Crippen LogP contribution in [0.15, 0.2) is 36.0 Å². The minimum Gasteiger partial charge on any atom is -0.375 e. The summed E-state index contributed by atoms with van der Waals surface area (Å²) in [6.07, 6.45) is 11.2. The number of nitrogens with two attached hydrogens (primary N) is 1. The Morgan fingerprint density at radius 3 is 2.62 bits per heavy atom. The molecule has 0 saturated heterocycles. The Morgan fingerprint density at radius 1 is 1.38 bits per heavy atom. The highest BCUT2D eigenvalue weighted by atomic mass is 32.1. The lowest BCUT2D eigenvalue weighted by Crippen LogP contribution is -1.87. The van der Waals surface area contributed by atoms with Crippen molar-refractivity contribution in [1.82, 2.24) is 4.98 Å². The van der Waals surface area contributed by atoms with Crippen LogP contribution in [0.3, 0.4) is 0 Å². The van der Waals surface area contributed by atoms with Gasteiger partial charge in [-0.05, 0) is 26.3 Å². The fourth-order valence-corrected chi connectivity index (χ4v) is 2.21. The molecule has 0 radical (unpaired) electrons. The fraction of sp³-hybridized carbons (Fsp3) is 0.308. The van der Waals surface area contributed by atoms with Gasteiger partial charge in [-0.2, -0.15) is 0 Å². The van der Waals surface area contributed by atoms with Crippen molar-refractivity contribution in [3.8, 4) is 0 Å². The molecule has 2 N–H and O–H groups in total. The number of thiazole rings is 1. The first-order valence-electron chi connectivity index (χ1n) is 5.33. The van der Waals surface area contributed by atoms with E-state index in [0.717, 1.165) is 12.1 Å². The van der Waals surface area contributed by atoms with E-state index in [0.29, 0.717) is 5.13 Å². The highest BCUT2D eigenvalue weighted by Gasteiger charge is 2.05. The molecule has 1 heterocycles. The fourth-order valence-electron chi connectivity index (χ4n) is 1.35. The SMILES string of the molecule is C\C=C/C=C\C(=C/C)Cc1sc(N)nc1C. The molecule has 0 saturated carbocycles. The van der Waals surface area contributed by atoms with Gasteiger partial charge in [0.25, 0.3) is 0 Å².